The molecule has 0 spiro atoms. The van der Waals surface area contributed by atoms with Crippen LogP contribution in [0.25, 0.3) is 9.78 Å². The normalized spacial score (nSPS) is 12.3. The Bertz CT molecular complexity index is 463. The molecule has 0 aliphatic carbocycles. The standard InChI is InChI=1S/C12H15NSe/c1-8-10-9(6-5-7-13-10)14-11(8)12(2,3)4/h5-7H,1-4H3. The van der Waals surface area contributed by atoms with Gasteiger partial charge in [0.1, 0.15) is 0 Å². The van der Waals surface area contributed by atoms with Crippen LogP contribution >= 0.6 is 0 Å². The van der Waals surface area contributed by atoms with Crippen LogP contribution in [-0.2, 0) is 5.41 Å². The second kappa shape index (κ2) is 3.22. The Kier molecular flexibility index (Phi) is 2.29. The van der Waals surface area contributed by atoms with Crippen molar-refractivity contribution in [2.75, 3.05) is 0 Å². The predicted molar refractivity (Wildman–Crippen MR) is 62.1 cm³/mol. The van der Waals surface area contributed by atoms with Gasteiger partial charge in [0.2, 0.25) is 0 Å². The summed E-state index contributed by atoms with van der Waals surface area (Å²) < 4.78 is 3.04. The van der Waals surface area contributed by atoms with Gasteiger partial charge >= 0.3 is 90.7 Å². The molecule has 2 rings (SSSR count). The van der Waals surface area contributed by atoms with Crippen LogP contribution in [0.3, 0.4) is 0 Å². The van der Waals surface area contributed by atoms with Crippen molar-refractivity contribution in [3.8, 4) is 0 Å². The van der Waals surface area contributed by atoms with Crippen LogP contribution in [-0.4, -0.2) is 19.5 Å². The molecule has 2 aromatic heterocycles. The first-order valence-corrected chi connectivity index (χ1v) is 6.56. The third-order valence-corrected chi connectivity index (χ3v) is 5.87. The molecule has 0 bridgehead atoms. The maximum absolute atomic E-state index is 4.46. The Morgan fingerprint density at radius 3 is 2.57 bits per heavy atom. The molecule has 0 aliphatic rings. The minimum atomic E-state index is 0.296. The van der Waals surface area contributed by atoms with E-state index < -0.39 is 0 Å². The number of hydrogen-bond donors (Lipinski definition) is 0. The van der Waals surface area contributed by atoms with Crippen LogP contribution in [0.5, 0.6) is 0 Å². The van der Waals surface area contributed by atoms with Crippen molar-refractivity contribution in [3.63, 3.8) is 0 Å². The molecule has 0 radical (unpaired) electrons. The van der Waals surface area contributed by atoms with E-state index in [1.165, 1.54) is 15.3 Å². The molecule has 0 N–H and O–H groups in total. The molecule has 1 nitrogen and oxygen atoms in total. The monoisotopic (exact) mass is 253 g/mol. The molecule has 2 aromatic rings. The maximum atomic E-state index is 4.46. The number of fused-ring (bicyclic) bond motifs is 1. The van der Waals surface area contributed by atoms with Crippen molar-refractivity contribution in [1.29, 1.82) is 0 Å². The minimum absolute atomic E-state index is 0.296. The summed E-state index contributed by atoms with van der Waals surface area (Å²) in [6.45, 7) is 9.08. The Hall–Kier alpha value is -0.591. The molecule has 14 heavy (non-hydrogen) atoms. The number of pyridine rings is 1. The zero-order valence-electron chi connectivity index (χ0n) is 9.09. The molecule has 0 aromatic carbocycles. The third kappa shape index (κ3) is 1.53. The molecule has 2 heteroatoms. The zero-order valence-corrected chi connectivity index (χ0v) is 10.8. The molecular formula is C12H15NSe. The summed E-state index contributed by atoms with van der Waals surface area (Å²) in [6, 6.07) is 4.25. The topological polar surface area (TPSA) is 12.9 Å². The summed E-state index contributed by atoms with van der Waals surface area (Å²) >= 11 is 0.492. The van der Waals surface area contributed by atoms with Crippen molar-refractivity contribution in [2.45, 2.75) is 33.1 Å². The Morgan fingerprint density at radius 1 is 1.29 bits per heavy atom. The van der Waals surface area contributed by atoms with Crippen molar-refractivity contribution in [2.24, 2.45) is 0 Å². The van der Waals surface area contributed by atoms with Crippen LogP contribution in [0.2, 0.25) is 0 Å². The second-order valence-corrected chi connectivity index (χ2v) is 6.86. The van der Waals surface area contributed by atoms with E-state index in [1.54, 1.807) is 4.44 Å². The average molecular weight is 252 g/mol. The quantitative estimate of drug-likeness (QED) is 0.657. The van der Waals surface area contributed by atoms with Gasteiger partial charge in [-0.05, 0) is 0 Å². The molecule has 0 amide bonds. The van der Waals surface area contributed by atoms with Crippen molar-refractivity contribution in [1.82, 2.24) is 4.98 Å². The van der Waals surface area contributed by atoms with E-state index in [-0.39, 0.29) is 0 Å². The molecule has 0 fully saturated rings. The summed E-state index contributed by atoms with van der Waals surface area (Å²) in [4.78, 5) is 4.46. The van der Waals surface area contributed by atoms with E-state index in [4.69, 9.17) is 0 Å². The number of aromatic nitrogens is 1. The Balaban J connectivity index is 2.75. The van der Waals surface area contributed by atoms with E-state index in [1.807, 2.05) is 12.3 Å². The molecule has 0 unspecified atom stereocenters. The van der Waals surface area contributed by atoms with Crippen LogP contribution < -0.4 is 0 Å². The van der Waals surface area contributed by atoms with E-state index in [9.17, 15) is 0 Å². The van der Waals surface area contributed by atoms with Crippen molar-refractivity contribution in [3.05, 3.63) is 28.3 Å². The molecule has 0 aliphatic heterocycles. The van der Waals surface area contributed by atoms with E-state index >= 15 is 0 Å². The van der Waals surface area contributed by atoms with Gasteiger partial charge < -0.3 is 0 Å². The number of aryl methyl sites for hydroxylation is 1. The zero-order chi connectivity index (χ0) is 10.3. The first-order valence-electron chi connectivity index (χ1n) is 4.85. The number of nitrogens with zero attached hydrogens (tertiary/aromatic N) is 1. The first kappa shape index (κ1) is 9.95. The van der Waals surface area contributed by atoms with E-state index in [0.29, 0.717) is 19.9 Å². The van der Waals surface area contributed by atoms with Crippen LogP contribution in [0, 0.1) is 6.92 Å². The van der Waals surface area contributed by atoms with Crippen LogP contribution in [0.15, 0.2) is 18.3 Å². The van der Waals surface area contributed by atoms with Crippen LogP contribution in [0.4, 0.5) is 0 Å². The van der Waals surface area contributed by atoms with Gasteiger partial charge in [-0.15, -0.1) is 0 Å². The molecule has 0 saturated carbocycles. The van der Waals surface area contributed by atoms with Crippen molar-refractivity contribution >= 4 is 24.3 Å². The fraction of sp³-hybridized carbons (Fsp3) is 0.417. The summed E-state index contributed by atoms with van der Waals surface area (Å²) in [5, 5.41) is 0. The van der Waals surface area contributed by atoms with Gasteiger partial charge in [-0.2, -0.15) is 0 Å². The van der Waals surface area contributed by atoms with E-state index in [2.05, 4.69) is 38.7 Å². The fourth-order valence-electron chi connectivity index (χ4n) is 1.76. The van der Waals surface area contributed by atoms with Gasteiger partial charge in [0, 0.05) is 0 Å². The van der Waals surface area contributed by atoms with Gasteiger partial charge in [-0.3, -0.25) is 0 Å². The van der Waals surface area contributed by atoms with Crippen LogP contribution in [0.1, 0.15) is 30.8 Å². The third-order valence-electron chi connectivity index (χ3n) is 2.36. The fourth-order valence-corrected chi connectivity index (χ4v) is 4.33. The van der Waals surface area contributed by atoms with E-state index in [0.717, 1.165) is 0 Å². The predicted octanol–water partition coefficient (Wildman–Crippen LogP) is 2.90. The first-order chi connectivity index (χ1) is 6.50. The molecule has 74 valence electrons. The molecule has 0 atom stereocenters. The number of rotatable bonds is 0. The summed E-state index contributed by atoms with van der Waals surface area (Å²) in [5.41, 5.74) is 2.94. The van der Waals surface area contributed by atoms with Crippen molar-refractivity contribution < 1.29 is 0 Å². The number of hydrogen-bond acceptors (Lipinski definition) is 1. The average Bonchev–Trinajstić information content (AvgIpc) is 2.44. The Morgan fingerprint density at radius 2 is 2.00 bits per heavy atom. The van der Waals surface area contributed by atoms with Gasteiger partial charge in [0.25, 0.3) is 0 Å². The second-order valence-electron chi connectivity index (χ2n) is 4.66. The molecular weight excluding hydrogens is 237 g/mol. The SMILES string of the molecule is Cc1c(C(C)(C)C)[se]c2cccnc12. The summed E-state index contributed by atoms with van der Waals surface area (Å²) in [6.07, 6.45) is 1.89. The Labute approximate surface area is 90.9 Å². The van der Waals surface area contributed by atoms with Gasteiger partial charge in [-0.1, -0.05) is 0 Å². The van der Waals surface area contributed by atoms with Gasteiger partial charge in [0.05, 0.1) is 0 Å². The molecule has 2 heterocycles. The van der Waals surface area contributed by atoms with Gasteiger partial charge in [-0.25, -0.2) is 0 Å². The summed E-state index contributed by atoms with van der Waals surface area (Å²) in [5.74, 6) is 0. The van der Waals surface area contributed by atoms with Gasteiger partial charge in [0.15, 0.2) is 0 Å². The molecule has 0 saturated heterocycles. The summed E-state index contributed by atoms with van der Waals surface area (Å²) in [7, 11) is 0.